The molecule has 0 bridgehead atoms. The van der Waals surface area contributed by atoms with Gasteiger partial charge in [0.1, 0.15) is 0 Å². The lowest BCUT2D eigenvalue weighted by Crippen LogP contribution is -2.44. The van der Waals surface area contributed by atoms with Crippen molar-refractivity contribution >= 4 is 18.5 Å². The molecule has 4 heteroatoms. The molecular formula is C13H17NO2S. The zero-order valence-electron chi connectivity index (χ0n) is 9.60. The van der Waals surface area contributed by atoms with Gasteiger partial charge in [0.05, 0.1) is 17.4 Å². The van der Waals surface area contributed by atoms with Crippen LogP contribution in [-0.4, -0.2) is 28.4 Å². The van der Waals surface area contributed by atoms with E-state index in [0.29, 0.717) is 6.42 Å². The van der Waals surface area contributed by atoms with Gasteiger partial charge in [-0.2, -0.15) is 12.6 Å². The van der Waals surface area contributed by atoms with Crippen molar-refractivity contribution in [2.45, 2.75) is 30.1 Å². The molecule has 1 aliphatic carbocycles. The minimum atomic E-state index is -0.360. The van der Waals surface area contributed by atoms with E-state index in [2.05, 4.69) is 17.9 Å². The summed E-state index contributed by atoms with van der Waals surface area (Å²) in [6.07, 6.45) is 2.33. The average molecular weight is 251 g/mol. The number of aliphatic hydroxyl groups is 1. The first-order valence-corrected chi connectivity index (χ1v) is 6.32. The molecule has 0 radical (unpaired) electrons. The molecule has 1 unspecified atom stereocenters. The topological polar surface area (TPSA) is 49.3 Å². The third-order valence-corrected chi connectivity index (χ3v) is 3.54. The Balaban J connectivity index is 1.87. The zero-order chi connectivity index (χ0) is 12.3. The van der Waals surface area contributed by atoms with Gasteiger partial charge in [-0.05, 0) is 24.8 Å². The van der Waals surface area contributed by atoms with Crippen LogP contribution in [0.25, 0.3) is 0 Å². The van der Waals surface area contributed by atoms with Crippen molar-refractivity contribution in [2.75, 3.05) is 6.61 Å². The van der Waals surface area contributed by atoms with Crippen molar-refractivity contribution in [1.82, 2.24) is 5.32 Å². The molecule has 1 aromatic rings. The summed E-state index contributed by atoms with van der Waals surface area (Å²) in [5, 5.41) is 11.6. The largest absolute Gasteiger partial charge is 0.394 e. The van der Waals surface area contributed by atoms with Gasteiger partial charge < -0.3 is 10.4 Å². The van der Waals surface area contributed by atoms with E-state index in [1.807, 2.05) is 30.3 Å². The van der Waals surface area contributed by atoms with Gasteiger partial charge in [0, 0.05) is 0 Å². The summed E-state index contributed by atoms with van der Waals surface area (Å²) in [7, 11) is 0. The fourth-order valence-electron chi connectivity index (χ4n) is 1.75. The number of nitrogens with one attached hydrogen (secondary N) is 1. The Hall–Kier alpha value is -1.00. The molecule has 1 aliphatic rings. The summed E-state index contributed by atoms with van der Waals surface area (Å²) >= 11 is 4.32. The molecular weight excluding hydrogens is 234 g/mol. The Bertz CT molecular complexity index is 390. The van der Waals surface area contributed by atoms with Crippen LogP contribution in [0.2, 0.25) is 0 Å². The molecule has 0 saturated heterocycles. The monoisotopic (exact) mass is 251 g/mol. The third kappa shape index (κ3) is 3.23. The zero-order valence-corrected chi connectivity index (χ0v) is 10.5. The maximum Gasteiger partial charge on any atom is 0.233 e. The van der Waals surface area contributed by atoms with Gasteiger partial charge in [-0.15, -0.1) is 0 Å². The molecule has 1 saturated carbocycles. The summed E-state index contributed by atoms with van der Waals surface area (Å²) in [6.45, 7) is 0.0184. The molecule has 0 heterocycles. The lowest BCUT2D eigenvalue weighted by molar-refractivity contribution is -0.121. The van der Waals surface area contributed by atoms with E-state index >= 15 is 0 Å². The molecule has 17 heavy (non-hydrogen) atoms. The summed E-state index contributed by atoms with van der Waals surface area (Å²) in [6, 6.07) is 9.81. The molecule has 0 aromatic heterocycles. The quantitative estimate of drug-likeness (QED) is 0.688. The number of rotatable bonds is 5. The molecule has 1 amide bonds. The van der Waals surface area contributed by atoms with Gasteiger partial charge in [0.25, 0.3) is 0 Å². The average Bonchev–Trinajstić information content (AvgIpc) is 3.11. The highest BCUT2D eigenvalue weighted by Gasteiger charge is 2.44. The molecule has 2 rings (SSSR count). The SMILES string of the molecule is O=C(NC1(CO)CC1)C(S)Cc1ccccc1. The van der Waals surface area contributed by atoms with Crippen molar-refractivity contribution in [3.05, 3.63) is 35.9 Å². The predicted molar refractivity (Wildman–Crippen MR) is 70.1 cm³/mol. The van der Waals surface area contributed by atoms with Gasteiger partial charge >= 0.3 is 0 Å². The lowest BCUT2D eigenvalue weighted by atomic mass is 10.1. The smallest absolute Gasteiger partial charge is 0.233 e. The lowest BCUT2D eigenvalue weighted by Gasteiger charge is -2.17. The van der Waals surface area contributed by atoms with E-state index < -0.39 is 0 Å². The number of hydrogen-bond donors (Lipinski definition) is 3. The molecule has 0 spiro atoms. The second-order valence-corrected chi connectivity index (χ2v) is 5.26. The van der Waals surface area contributed by atoms with Crippen molar-refractivity contribution in [3.8, 4) is 0 Å². The number of thiol groups is 1. The second kappa shape index (κ2) is 5.10. The standard InChI is InChI=1S/C13H17NO2S/c15-9-13(6-7-13)14-12(16)11(17)8-10-4-2-1-3-5-10/h1-5,11,15,17H,6-9H2,(H,14,16). The van der Waals surface area contributed by atoms with Crippen molar-refractivity contribution in [1.29, 1.82) is 0 Å². The Morgan fingerprint density at radius 2 is 2.06 bits per heavy atom. The van der Waals surface area contributed by atoms with Crippen molar-refractivity contribution in [3.63, 3.8) is 0 Å². The Morgan fingerprint density at radius 3 is 2.59 bits per heavy atom. The second-order valence-electron chi connectivity index (χ2n) is 4.63. The summed E-state index contributed by atoms with van der Waals surface area (Å²) in [5.41, 5.74) is 0.742. The number of hydrogen-bond acceptors (Lipinski definition) is 3. The van der Waals surface area contributed by atoms with Crippen LogP contribution in [0.1, 0.15) is 18.4 Å². The first kappa shape index (κ1) is 12.5. The highest BCUT2D eigenvalue weighted by Crippen LogP contribution is 2.34. The minimum Gasteiger partial charge on any atom is -0.394 e. The van der Waals surface area contributed by atoms with E-state index in [0.717, 1.165) is 18.4 Å². The van der Waals surface area contributed by atoms with Crippen LogP contribution in [0.15, 0.2) is 30.3 Å². The fraction of sp³-hybridized carbons (Fsp3) is 0.462. The van der Waals surface area contributed by atoms with Crippen LogP contribution in [-0.2, 0) is 11.2 Å². The minimum absolute atomic E-state index is 0.0184. The first-order chi connectivity index (χ1) is 8.15. The Kier molecular flexibility index (Phi) is 3.74. The van der Waals surface area contributed by atoms with E-state index in [4.69, 9.17) is 5.11 Å². The van der Waals surface area contributed by atoms with Crippen molar-refractivity contribution < 1.29 is 9.90 Å². The van der Waals surface area contributed by atoms with Crippen LogP contribution in [0, 0.1) is 0 Å². The Morgan fingerprint density at radius 1 is 1.41 bits per heavy atom. The highest BCUT2D eigenvalue weighted by atomic mass is 32.1. The van der Waals surface area contributed by atoms with E-state index in [1.165, 1.54) is 0 Å². The summed E-state index contributed by atoms with van der Waals surface area (Å²) in [4.78, 5) is 11.9. The molecule has 2 N–H and O–H groups in total. The third-order valence-electron chi connectivity index (χ3n) is 3.12. The molecule has 1 aromatic carbocycles. The molecule has 92 valence electrons. The van der Waals surface area contributed by atoms with Crippen LogP contribution < -0.4 is 5.32 Å². The maximum absolute atomic E-state index is 11.9. The summed E-state index contributed by atoms with van der Waals surface area (Å²) < 4.78 is 0. The molecule has 0 aliphatic heterocycles. The van der Waals surface area contributed by atoms with Crippen LogP contribution >= 0.6 is 12.6 Å². The predicted octanol–water partition coefficient (Wildman–Crippen LogP) is 1.17. The van der Waals surface area contributed by atoms with E-state index in [9.17, 15) is 4.79 Å². The van der Waals surface area contributed by atoms with Gasteiger partial charge in [-0.3, -0.25) is 4.79 Å². The van der Waals surface area contributed by atoms with Gasteiger partial charge in [-0.1, -0.05) is 30.3 Å². The van der Waals surface area contributed by atoms with Gasteiger partial charge in [-0.25, -0.2) is 0 Å². The number of carbonyl (C=O) groups is 1. The molecule has 1 fully saturated rings. The summed E-state index contributed by atoms with van der Waals surface area (Å²) in [5.74, 6) is -0.0938. The first-order valence-electron chi connectivity index (χ1n) is 5.80. The maximum atomic E-state index is 11.9. The number of aliphatic hydroxyl groups excluding tert-OH is 1. The van der Waals surface area contributed by atoms with Crippen molar-refractivity contribution in [2.24, 2.45) is 0 Å². The number of carbonyl (C=O) groups excluding carboxylic acids is 1. The van der Waals surface area contributed by atoms with E-state index in [-0.39, 0.29) is 23.3 Å². The van der Waals surface area contributed by atoms with Gasteiger partial charge in [0.2, 0.25) is 5.91 Å². The normalized spacial score (nSPS) is 18.5. The molecule has 1 atom stereocenters. The van der Waals surface area contributed by atoms with Crippen LogP contribution in [0.4, 0.5) is 0 Å². The van der Waals surface area contributed by atoms with Crippen LogP contribution in [0.3, 0.4) is 0 Å². The molecule has 3 nitrogen and oxygen atoms in total. The van der Waals surface area contributed by atoms with Gasteiger partial charge in [0.15, 0.2) is 0 Å². The van der Waals surface area contributed by atoms with Crippen LogP contribution in [0.5, 0.6) is 0 Å². The van der Waals surface area contributed by atoms with E-state index in [1.54, 1.807) is 0 Å². The fourth-order valence-corrected chi connectivity index (χ4v) is 2.02. The highest BCUT2D eigenvalue weighted by molar-refractivity contribution is 7.81. The number of amides is 1. The Labute approximate surface area is 107 Å². The number of benzene rings is 1.